The van der Waals surface area contributed by atoms with Crippen molar-refractivity contribution in [2.45, 2.75) is 33.1 Å². The lowest BCUT2D eigenvalue weighted by Gasteiger charge is -2.12. The minimum Gasteiger partial charge on any atom is -0.508 e. The van der Waals surface area contributed by atoms with E-state index in [-0.39, 0.29) is 11.5 Å². The number of phenolic OH excluding ortho intramolecular Hbond substituents is 2. The molecule has 0 fully saturated rings. The van der Waals surface area contributed by atoms with Gasteiger partial charge in [0.2, 0.25) is 0 Å². The van der Waals surface area contributed by atoms with Crippen molar-refractivity contribution in [3.8, 4) is 23.0 Å². The SMILES string of the molecule is COc1cc(O)cc(CCc2cc(CC=C(C)C)c(O)c(OC)c2)c1. The summed E-state index contributed by atoms with van der Waals surface area (Å²) in [6.07, 6.45) is 4.27. The summed E-state index contributed by atoms with van der Waals surface area (Å²) < 4.78 is 10.5. The molecule has 0 saturated heterocycles. The van der Waals surface area contributed by atoms with E-state index in [1.54, 1.807) is 26.4 Å². The van der Waals surface area contributed by atoms with Gasteiger partial charge in [0.05, 0.1) is 14.2 Å². The van der Waals surface area contributed by atoms with Gasteiger partial charge in [-0.2, -0.15) is 0 Å². The van der Waals surface area contributed by atoms with Gasteiger partial charge in [0.1, 0.15) is 11.5 Å². The highest BCUT2D eigenvalue weighted by Gasteiger charge is 2.10. The molecule has 4 heteroatoms. The number of phenols is 2. The largest absolute Gasteiger partial charge is 0.508 e. The standard InChI is InChI=1S/C21H26O4/c1-14(2)5-8-17-9-15(12-20(25-4)21(17)23)6-7-16-10-18(22)13-19(11-16)24-3/h5,9-13,22-23H,6-8H2,1-4H3. The first kappa shape index (κ1) is 18.7. The van der Waals surface area contributed by atoms with Gasteiger partial charge in [-0.05, 0) is 62.4 Å². The number of rotatable bonds is 7. The average molecular weight is 342 g/mol. The minimum absolute atomic E-state index is 0.196. The zero-order valence-corrected chi connectivity index (χ0v) is 15.3. The maximum Gasteiger partial charge on any atom is 0.161 e. The van der Waals surface area contributed by atoms with E-state index in [2.05, 4.69) is 6.08 Å². The van der Waals surface area contributed by atoms with Crippen molar-refractivity contribution in [2.75, 3.05) is 14.2 Å². The van der Waals surface area contributed by atoms with Crippen molar-refractivity contribution in [1.82, 2.24) is 0 Å². The van der Waals surface area contributed by atoms with Crippen LogP contribution >= 0.6 is 0 Å². The zero-order chi connectivity index (χ0) is 18.4. The van der Waals surface area contributed by atoms with Gasteiger partial charge < -0.3 is 19.7 Å². The lowest BCUT2D eigenvalue weighted by atomic mass is 9.99. The second-order valence-corrected chi connectivity index (χ2v) is 6.33. The Labute approximate surface area is 149 Å². The molecule has 0 bridgehead atoms. The Morgan fingerprint density at radius 1 is 0.920 bits per heavy atom. The Morgan fingerprint density at radius 2 is 1.60 bits per heavy atom. The molecule has 0 aliphatic carbocycles. The maximum absolute atomic E-state index is 10.3. The van der Waals surface area contributed by atoms with Crippen molar-refractivity contribution in [3.63, 3.8) is 0 Å². The van der Waals surface area contributed by atoms with E-state index in [1.165, 1.54) is 5.57 Å². The average Bonchev–Trinajstić information content (AvgIpc) is 2.58. The number of hydrogen-bond donors (Lipinski definition) is 2. The predicted molar refractivity (Wildman–Crippen MR) is 99.9 cm³/mol. The fourth-order valence-electron chi connectivity index (χ4n) is 2.69. The van der Waals surface area contributed by atoms with E-state index in [9.17, 15) is 10.2 Å². The monoisotopic (exact) mass is 342 g/mol. The minimum atomic E-state index is 0.196. The molecule has 0 saturated carbocycles. The fraction of sp³-hybridized carbons (Fsp3) is 0.333. The van der Waals surface area contributed by atoms with Crippen molar-refractivity contribution < 1.29 is 19.7 Å². The molecule has 0 amide bonds. The molecule has 0 heterocycles. The van der Waals surface area contributed by atoms with Crippen molar-refractivity contribution in [2.24, 2.45) is 0 Å². The van der Waals surface area contributed by atoms with Gasteiger partial charge in [0, 0.05) is 11.6 Å². The molecular weight excluding hydrogens is 316 g/mol. The van der Waals surface area contributed by atoms with Crippen LogP contribution in [0.25, 0.3) is 0 Å². The molecular formula is C21H26O4. The number of aromatic hydroxyl groups is 2. The number of ether oxygens (including phenoxy) is 2. The summed E-state index contributed by atoms with van der Waals surface area (Å²) in [4.78, 5) is 0. The van der Waals surface area contributed by atoms with Crippen LogP contribution in [0.5, 0.6) is 23.0 Å². The topological polar surface area (TPSA) is 58.9 Å². The first-order chi connectivity index (χ1) is 11.9. The van der Waals surface area contributed by atoms with Crippen LogP contribution in [0, 0.1) is 0 Å². The Kier molecular flexibility index (Phi) is 6.34. The predicted octanol–water partition coefficient (Wildman–Crippen LogP) is 4.41. The van der Waals surface area contributed by atoms with E-state index >= 15 is 0 Å². The third kappa shape index (κ3) is 5.18. The Balaban J connectivity index is 2.22. The van der Waals surface area contributed by atoms with E-state index in [0.29, 0.717) is 17.9 Å². The number of allylic oxidation sites excluding steroid dienone is 2. The molecule has 4 nitrogen and oxygen atoms in total. The molecule has 2 aromatic carbocycles. The second-order valence-electron chi connectivity index (χ2n) is 6.33. The van der Waals surface area contributed by atoms with Crippen LogP contribution < -0.4 is 9.47 Å². The van der Waals surface area contributed by atoms with Crippen molar-refractivity contribution in [1.29, 1.82) is 0 Å². The Hall–Kier alpha value is -2.62. The van der Waals surface area contributed by atoms with Gasteiger partial charge in [0.15, 0.2) is 11.5 Å². The molecule has 2 rings (SSSR count). The highest BCUT2D eigenvalue weighted by atomic mass is 16.5. The third-order valence-electron chi connectivity index (χ3n) is 4.05. The maximum atomic E-state index is 10.3. The number of aryl methyl sites for hydroxylation is 2. The van der Waals surface area contributed by atoms with Crippen LogP contribution in [0.2, 0.25) is 0 Å². The number of hydrogen-bond acceptors (Lipinski definition) is 4. The quantitative estimate of drug-likeness (QED) is 0.732. The summed E-state index contributed by atoms with van der Waals surface area (Å²) in [5, 5.41) is 20.1. The molecule has 0 spiro atoms. The van der Waals surface area contributed by atoms with Gasteiger partial charge in [-0.15, -0.1) is 0 Å². The van der Waals surface area contributed by atoms with Crippen LogP contribution in [0.4, 0.5) is 0 Å². The first-order valence-electron chi connectivity index (χ1n) is 8.32. The fourth-order valence-corrected chi connectivity index (χ4v) is 2.69. The molecule has 0 radical (unpaired) electrons. The van der Waals surface area contributed by atoms with E-state index in [1.807, 2.05) is 32.0 Å². The van der Waals surface area contributed by atoms with E-state index < -0.39 is 0 Å². The first-order valence-corrected chi connectivity index (χ1v) is 8.32. The van der Waals surface area contributed by atoms with Crippen LogP contribution in [0.1, 0.15) is 30.5 Å². The molecule has 2 aromatic rings. The van der Waals surface area contributed by atoms with Crippen LogP contribution in [0.15, 0.2) is 42.0 Å². The van der Waals surface area contributed by atoms with Gasteiger partial charge in [-0.1, -0.05) is 17.7 Å². The third-order valence-corrected chi connectivity index (χ3v) is 4.05. The smallest absolute Gasteiger partial charge is 0.161 e. The summed E-state index contributed by atoms with van der Waals surface area (Å²) in [7, 11) is 3.14. The lowest BCUT2D eigenvalue weighted by molar-refractivity contribution is 0.370. The highest BCUT2D eigenvalue weighted by Crippen LogP contribution is 2.33. The van der Waals surface area contributed by atoms with Crippen molar-refractivity contribution in [3.05, 3.63) is 58.7 Å². The summed E-state index contributed by atoms with van der Waals surface area (Å²) in [6.45, 7) is 4.07. The van der Waals surface area contributed by atoms with Gasteiger partial charge >= 0.3 is 0 Å². The van der Waals surface area contributed by atoms with Crippen LogP contribution in [-0.4, -0.2) is 24.4 Å². The Bertz CT molecular complexity index is 759. The highest BCUT2D eigenvalue weighted by molar-refractivity contribution is 5.49. The van der Waals surface area contributed by atoms with Gasteiger partial charge in [-0.25, -0.2) is 0 Å². The zero-order valence-electron chi connectivity index (χ0n) is 15.3. The summed E-state index contributed by atoms with van der Waals surface area (Å²) in [5.74, 6) is 1.52. The molecule has 0 aliphatic heterocycles. The van der Waals surface area contributed by atoms with Crippen molar-refractivity contribution >= 4 is 0 Å². The van der Waals surface area contributed by atoms with E-state index in [0.717, 1.165) is 29.5 Å². The lowest BCUT2D eigenvalue weighted by Crippen LogP contribution is -1.97. The summed E-state index contributed by atoms with van der Waals surface area (Å²) in [5.41, 5.74) is 4.13. The second kappa shape index (κ2) is 8.47. The number of benzene rings is 2. The molecule has 0 atom stereocenters. The molecule has 25 heavy (non-hydrogen) atoms. The molecule has 0 unspecified atom stereocenters. The molecule has 134 valence electrons. The van der Waals surface area contributed by atoms with Crippen LogP contribution in [0.3, 0.4) is 0 Å². The van der Waals surface area contributed by atoms with E-state index in [4.69, 9.17) is 9.47 Å². The normalized spacial score (nSPS) is 10.4. The van der Waals surface area contributed by atoms with Gasteiger partial charge in [-0.3, -0.25) is 0 Å². The molecule has 2 N–H and O–H groups in total. The Morgan fingerprint density at radius 3 is 2.20 bits per heavy atom. The van der Waals surface area contributed by atoms with Gasteiger partial charge in [0.25, 0.3) is 0 Å². The van der Waals surface area contributed by atoms with Crippen LogP contribution in [-0.2, 0) is 19.3 Å². The summed E-state index contributed by atoms with van der Waals surface area (Å²) in [6, 6.07) is 9.12. The number of methoxy groups -OCH3 is 2. The molecule has 0 aromatic heterocycles. The molecule has 0 aliphatic rings. The summed E-state index contributed by atoms with van der Waals surface area (Å²) >= 11 is 0.